The number of aliphatic imine (C=N–C) groups is 1. The highest BCUT2D eigenvalue weighted by molar-refractivity contribution is 7.12. The van der Waals surface area contributed by atoms with E-state index in [9.17, 15) is 9.59 Å². The van der Waals surface area contributed by atoms with E-state index in [0.717, 1.165) is 44.6 Å². The zero-order valence-corrected chi connectivity index (χ0v) is 21.8. The Kier molecular flexibility index (Phi) is 9.09. The number of nitrogens with zero attached hydrogens (tertiary/aromatic N) is 2. The van der Waals surface area contributed by atoms with E-state index >= 15 is 0 Å². The topological polar surface area (TPSA) is 102 Å². The molecule has 0 spiro atoms. The van der Waals surface area contributed by atoms with Gasteiger partial charge in [-0.3, -0.25) is 9.59 Å². The zero-order valence-electron chi connectivity index (χ0n) is 21.0. The smallest absolute Gasteiger partial charge is 0.303 e. The number of para-hydroxylation sites is 1. The molecule has 37 heavy (non-hydrogen) atoms. The molecule has 0 radical (unpaired) electrons. The van der Waals surface area contributed by atoms with Crippen molar-refractivity contribution in [3.63, 3.8) is 0 Å². The maximum atomic E-state index is 9.64. The van der Waals surface area contributed by atoms with Crippen LogP contribution in [0.3, 0.4) is 0 Å². The summed E-state index contributed by atoms with van der Waals surface area (Å²) in [7, 11) is 0. The molecule has 2 aliphatic heterocycles. The average Bonchev–Trinajstić information content (AvgIpc) is 3.18. The molecule has 0 amide bonds. The summed E-state index contributed by atoms with van der Waals surface area (Å²) in [4.78, 5) is 29.8. The molecule has 1 unspecified atom stereocenters. The van der Waals surface area contributed by atoms with Crippen molar-refractivity contribution in [2.45, 2.75) is 45.1 Å². The van der Waals surface area contributed by atoms with Crippen LogP contribution in [0.1, 0.15) is 45.7 Å². The third-order valence-corrected chi connectivity index (χ3v) is 7.52. The van der Waals surface area contributed by atoms with Gasteiger partial charge in [-0.05, 0) is 43.0 Å². The molecular weight excluding hydrogens is 486 g/mol. The molecule has 3 N–H and O–H groups in total. The molecule has 0 aliphatic carbocycles. The largest absolute Gasteiger partial charge is 0.481 e. The van der Waals surface area contributed by atoms with Crippen molar-refractivity contribution in [3.8, 4) is 0 Å². The number of aliphatic carboxylic acids is 2. The first-order valence-corrected chi connectivity index (χ1v) is 13.4. The lowest BCUT2D eigenvalue weighted by molar-refractivity contribution is -0.143. The van der Waals surface area contributed by atoms with E-state index in [1.807, 2.05) is 11.3 Å². The van der Waals surface area contributed by atoms with Gasteiger partial charge in [-0.15, -0.1) is 11.3 Å². The van der Waals surface area contributed by atoms with Crippen LogP contribution >= 0.6 is 11.3 Å². The molecule has 1 saturated heterocycles. The first-order valence-electron chi connectivity index (χ1n) is 12.6. The predicted molar refractivity (Wildman–Crippen MR) is 147 cm³/mol. The number of benzene rings is 2. The maximum Gasteiger partial charge on any atom is 0.303 e. The van der Waals surface area contributed by atoms with Gasteiger partial charge in [0.25, 0.3) is 0 Å². The van der Waals surface area contributed by atoms with E-state index < -0.39 is 11.9 Å². The number of hydrogen-bond acceptors (Lipinski definition) is 6. The second-order valence-corrected chi connectivity index (χ2v) is 10.7. The molecule has 1 atom stereocenters. The molecule has 2 aromatic carbocycles. The van der Waals surface area contributed by atoms with Gasteiger partial charge in [-0.25, -0.2) is 4.99 Å². The van der Waals surface area contributed by atoms with Crippen molar-refractivity contribution in [1.29, 1.82) is 0 Å². The standard InChI is InChI=1S/C25H27N3S.C4H6O4/c1-18-15-22-24(29-18)16-20-9-5-6-10-23(20)27-25(22)28-14-13-26-21(17-28)12-11-19-7-3-2-4-8-19;5-3(6)1-2-4(7)8/h2-10,15,21,26H,11-14,16-17H2,1H3;1-2H2,(H,5,6)(H,7,8). The number of aryl methyl sites for hydroxylation is 2. The Hall–Kier alpha value is -3.49. The van der Waals surface area contributed by atoms with Crippen molar-refractivity contribution in [3.05, 3.63) is 87.1 Å². The van der Waals surface area contributed by atoms with Crippen LogP contribution in [0.15, 0.2) is 65.7 Å². The Morgan fingerprint density at radius 3 is 2.49 bits per heavy atom. The molecule has 1 aromatic heterocycles. The van der Waals surface area contributed by atoms with Crippen molar-refractivity contribution >= 4 is 34.8 Å². The second-order valence-electron chi connectivity index (χ2n) is 9.34. The Morgan fingerprint density at radius 2 is 1.76 bits per heavy atom. The van der Waals surface area contributed by atoms with E-state index in [4.69, 9.17) is 15.2 Å². The fraction of sp³-hybridized carbons (Fsp3) is 0.345. The van der Waals surface area contributed by atoms with Gasteiger partial charge in [0.05, 0.1) is 18.5 Å². The number of fused-ring (bicyclic) bond motifs is 2. The number of carboxylic acids is 2. The van der Waals surface area contributed by atoms with Crippen LogP contribution in [0.4, 0.5) is 5.69 Å². The van der Waals surface area contributed by atoms with Gasteiger partial charge < -0.3 is 20.4 Å². The van der Waals surface area contributed by atoms with Crippen LogP contribution < -0.4 is 5.32 Å². The van der Waals surface area contributed by atoms with Gasteiger partial charge in [0.1, 0.15) is 5.84 Å². The third-order valence-electron chi connectivity index (χ3n) is 6.47. The quantitative estimate of drug-likeness (QED) is 0.429. The Morgan fingerprint density at radius 1 is 1.05 bits per heavy atom. The first kappa shape index (κ1) is 26.6. The highest BCUT2D eigenvalue weighted by Gasteiger charge is 2.27. The number of carboxylic acid groups (broad SMARTS) is 2. The molecule has 194 valence electrons. The molecular formula is C29H33N3O4S. The average molecular weight is 520 g/mol. The van der Waals surface area contributed by atoms with E-state index in [1.54, 1.807) is 0 Å². The Balaban J connectivity index is 0.000000349. The minimum absolute atomic E-state index is 0.296. The van der Waals surface area contributed by atoms with E-state index in [0.29, 0.717) is 6.04 Å². The molecule has 2 aliphatic rings. The van der Waals surface area contributed by atoms with Gasteiger partial charge in [-0.2, -0.15) is 0 Å². The number of nitrogens with one attached hydrogen (secondary N) is 1. The lowest BCUT2D eigenvalue weighted by Crippen LogP contribution is -2.52. The highest BCUT2D eigenvalue weighted by atomic mass is 32.1. The number of thiophene rings is 1. The summed E-state index contributed by atoms with van der Waals surface area (Å²) in [5.41, 5.74) is 5.22. The van der Waals surface area contributed by atoms with Crippen molar-refractivity contribution in [1.82, 2.24) is 10.2 Å². The minimum atomic E-state index is -1.08. The molecule has 5 rings (SSSR count). The molecule has 0 bridgehead atoms. The third kappa shape index (κ3) is 7.50. The zero-order chi connectivity index (χ0) is 26.2. The van der Waals surface area contributed by atoms with Crippen LogP contribution in [0.5, 0.6) is 0 Å². The van der Waals surface area contributed by atoms with Gasteiger partial charge in [0.15, 0.2) is 0 Å². The monoisotopic (exact) mass is 519 g/mol. The SMILES string of the molecule is Cc1cc2c(s1)Cc1ccccc1N=C2N1CCNC(CCc2ccccc2)C1.O=C(O)CCC(=O)O. The molecule has 3 aromatic rings. The lowest BCUT2D eigenvalue weighted by Gasteiger charge is -2.36. The predicted octanol–water partition coefficient (Wildman–Crippen LogP) is 4.88. The maximum absolute atomic E-state index is 9.64. The number of carbonyl (C=O) groups is 2. The first-order chi connectivity index (χ1) is 17.9. The van der Waals surface area contributed by atoms with Crippen molar-refractivity contribution < 1.29 is 19.8 Å². The fourth-order valence-electron chi connectivity index (χ4n) is 4.65. The van der Waals surface area contributed by atoms with Crippen LogP contribution in [0, 0.1) is 6.92 Å². The molecule has 1 fully saturated rings. The summed E-state index contributed by atoms with van der Waals surface area (Å²) < 4.78 is 0. The second kappa shape index (κ2) is 12.7. The summed E-state index contributed by atoms with van der Waals surface area (Å²) in [6.07, 6.45) is 2.66. The van der Waals surface area contributed by atoms with Gasteiger partial charge in [0, 0.05) is 47.4 Å². The summed E-state index contributed by atoms with van der Waals surface area (Å²) >= 11 is 1.92. The van der Waals surface area contributed by atoms with E-state index in [2.05, 4.69) is 77.8 Å². The van der Waals surface area contributed by atoms with E-state index in [-0.39, 0.29) is 12.8 Å². The normalized spacial score (nSPS) is 16.4. The number of amidine groups is 1. The lowest BCUT2D eigenvalue weighted by atomic mass is 10.0. The van der Waals surface area contributed by atoms with Gasteiger partial charge >= 0.3 is 11.9 Å². The number of hydrogen-bond donors (Lipinski definition) is 3. The van der Waals surface area contributed by atoms with Crippen LogP contribution in [-0.4, -0.2) is 58.6 Å². The van der Waals surface area contributed by atoms with E-state index in [1.165, 1.54) is 32.3 Å². The molecule has 8 heteroatoms. The fourth-order valence-corrected chi connectivity index (χ4v) is 5.70. The molecule has 7 nitrogen and oxygen atoms in total. The molecule has 0 saturated carbocycles. The van der Waals surface area contributed by atoms with Crippen molar-refractivity contribution in [2.75, 3.05) is 19.6 Å². The number of piperazine rings is 1. The van der Waals surface area contributed by atoms with Crippen LogP contribution in [-0.2, 0) is 22.4 Å². The summed E-state index contributed by atoms with van der Waals surface area (Å²) in [6, 6.07) is 22.3. The summed E-state index contributed by atoms with van der Waals surface area (Å²) in [5.74, 6) is -0.986. The summed E-state index contributed by atoms with van der Waals surface area (Å²) in [6.45, 7) is 5.25. The van der Waals surface area contributed by atoms with Gasteiger partial charge in [0.2, 0.25) is 0 Å². The van der Waals surface area contributed by atoms with Crippen molar-refractivity contribution in [2.24, 2.45) is 4.99 Å². The van der Waals surface area contributed by atoms with Crippen LogP contribution in [0.2, 0.25) is 0 Å². The highest BCUT2D eigenvalue weighted by Crippen LogP contribution is 2.34. The minimum Gasteiger partial charge on any atom is -0.481 e. The summed E-state index contributed by atoms with van der Waals surface area (Å²) in [5, 5.41) is 19.5. The Labute approximate surface area is 221 Å². The molecule has 3 heterocycles. The Bertz CT molecular complexity index is 1240. The van der Waals surface area contributed by atoms with Gasteiger partial charge in [-0.1, -0.05) is 48.5 Å². The van der Waals surface area contributed by atoms with Crippen LogP contribution in [0.25, 0.3) is 0 Å². The number of rotatable bonds is 6.